The number of anilines is 1. The van der Waals surface area contributed by atoms with Crippen LogP contribution in [0, 0.1) is 6.92 Å². The number of aryl methyl sites for hydroxylation is 1. The van der Waals surface area contributed by atoms with Gasteiger partial charge in [-0.2, -0.15) is 0 Å². The highest BCUT2D eigenvalue weighted by Gasteiger charge is 2.13. The molecule has 1 aromatic heterocycles. The number of methoxy groups -OCH3 is 1. The molecule has 2 unspecified atom stereocenters. The van der Waals surface area contributed by atoms with Gasteiger partial charge in [0.1, 0.15) is 5.82 Å². The first-order chi connectivity index (χ1) is 8.43. The molecule has 0 amide bonds. The van der Waals surface area contributed by atoms with Crippen LogP contribution < -0.4 is 11.1 Å². The second kappa shape index (κ2) is 6.27. The molecule has 1 aromatic rings. The molecule has 100 valence electrons. The van der Waals surface area contributed by atoms with Gasteiger partial charge in [0.2, 0.25) is 5.82 Å². The van der Waals surface area contributed by atoms with Crippen molar-refractivity contribution in [2.45, 2.75) is 26.0 Å². The van der Waals surface area contributed by atoms with Crippen molar-refractivity contribution >= 4 is 11.8 Å². The van der Waals surface area contributed by atoms with Crippen molar-refractivity contribution in [2.75, 3.05) is 19.0 Å². The maximum absolute atomic E-state index is 11.3. The van der Waals surface area contributed by atoms with Crippen molar-refractivity contribution in [3.63, 3.8) is 0 Å². The molecule has 0 aliphatic rings. The average molecular weight is 254 g/mol. The van der Waals surface area contributed by atoms with Crippen LogP contribution >= 0.6 is 0 Å². The molecular weight excluding hydrogens is 236 g/mol. The second-order valence-corrected chi connectivity index (χ2v) is 4.00. The van der Waals surface area contributed by atoms with Gasteiger partial charge in [-0.25, -0.2) is 14.8 Å². The van der Waals surface area contributed by atoms with Crippen LogP contribution in [0.1, 0.15) is 23.2 Å². The Kier molecular flexibility index (Phi) is 4.99. The topological polar surface area (TPSA) is 110 Å². The van der Waals surface area contributed by atoms with Gasteiger partial charge in [0, 0.05) is 24.3 Å². The Morgan fingerprint density at radius 1 is 1.61 bits per heavy atom. The lowest BCUT2D eigenvalue weighted by Gasteiger charge is -2.16. The number of carbonyl (C=O) groups is 1. The fourth-order valence-electron chi connectivity index (χ4n) is 1.23. The Hall–Kier alpha value is -1.73. The first kappa shape index (κ1) is 14.3. The summed E-state index contributed by atoms with van der Waals surface area (Å²) in [5, 5.41) is 12.2. The second-order valence-electron chi connectivity index (χ2n) is 4.00. The van der Waals surface area contributed by atoms with Crippen LogP contribution in [0.3, 0.4) is 0 Å². The maximum Gasteiger partial charge on any atom is 0.376 e. The number of nitrogens with one attached hydrogen (secondary N) is 1. The summed E-state index contributed by atoms with van der Waals surface area (Å²) in [7, 11) is 1.27. The van der Waals surface area contributed by atoms with Crippen molar-refractivity contribution in [1.29, 1.82) is 0 Å². The molecule has 2 atom stereocenters. The number of rotatable bonds is 5. The number of ether oxygens (including phenoxy) is 1. The molecule has 0 aliphatic heterocycles. The van der Waals surface area contributed by atoms with Crippen LogP contribution in [0.2, 0.25) is 0 Å². The number of aliphatic hydroxyl groups excluding tert-OH is 1. The van der Waals surface area contributed by atoms with E-state index in [2.05, 4.69) is 20.0 Å². The Bertz CT molecular complexity index is 423. The first-order valence-corrected chi connectivity index (χ1v) is 5.55. The highest BCUT2D eigenvalue weighted by atomic mass is 16.5. The van der Waals surface area contributed by atoms with Crippen molar-refractivity contribution in [3.05, 3.63) is 17.6 Å². The van der Waals surface area contributed by atoms with E-state index >= 15 is 0 Å². The van der Waals surface area contributed by atoms with Gasteiger partial charge >= 0.3 is 5.97 Å². The third-order valence-corrected chi connectivity index (χ3v) is 2.36. The largest absolute Gasteiger partial charge is 0.463 e. The number of nitrogens with two attached hydrogens (primary N) is 1. The smallest absolute Gasteiger partial charge is 0.376 e. The molecule has 0 saturated heterocycles. The van der Waals surface area contributed by atoms with Gasteiger partial charge in [0.25, 0.3) is 0 Å². The van der Waals surface area contributed by atoms with Gasteiger partial charge in [0.05, 0.1) is 13.2 Å². The Balaban J connectivity index is 2.77. The number of esters is 1. The minimum Gasteiger partial charge on any atom is -0.463 e. The molecule has 4 N–H and O–H groups in total. The number of aliphatic hydroxyl groups is 1. The van der Waals surface area contributed by atoms with Crippen LogP contribution in [0.4, 0.5) is 5.82 Å². The molecule has 7 nitrogen and oxygen atoms in total. The van der Waals surface area contributed by atoms with Gasteiger partial charge in [-0.1, -0.05) is 0 Å². The third kappa shape index (κ3) is 3.94. The zero-order valence-electron chi connectivity index (χ0n) is 10.7. The van der Waals surface area contributed by atoms with Gasteiger partial charge in [0.15, 0.2) is 0 Å². The van der Waals surface area contributed by atoms with Crippen LogP contribution in [-0.2, 0) is 4.74 Å². The number of hydrogen-bond acceptors (Lipinski definition) is 7. The molecule has 0 aliphatic carbocycles. The Morgan fingerprint density at radius 2 is 2.28 bits per heavy atom. The van der Waals surface area contributed by atoms with E-state index in [1.807, 2.05) is 0 Å². The van der Waals surface area contributed by atoms with Crippen LogP contribution in [0.25, 0.3) is 0 Å². The van der Waals surface area contributed by atoms with Crippen LogP contribution in [-0.4, -0.2) is 46.8 Å². The summed E-state index contributed by atoms with van der Waals surface area (Å²) in [4.78, 5) is 19.3. The van der Waals surface area contributed by atoms with Crippen molar-refractivity contribution in [1.82, 2.24) is 9.97 Å². The van der Waals surface area contributed by atoms with Crippen molar-refractivity contribution in [2.24, 2.45) is 5.73 Å². The van der Waals surface area contributed by atoms with E-state index in [1.54, 1.807) is 19.9 Å². The molecule has 0 spiro atoms. The maximum atomic E-state index is 11.3. The first-order valence-electron chi connectivity index (χ1n) is 5.55. The SMILES string of the molecule is COC(=O)c1nc(C)cc(NCC(N)C(C)O)n1. The summed E-state index contributed by atoms with van der Waals surface area (Å²) in [5.74, 6) is -0.133. The molecule has 0 saturated carbocycles. The van der Waals surface area contributed by atoms with Gasteiger partial charge in [-0.05, 0) is 13.8 Å². The fraction of sp³-hybridized carbons (Fsp3) is 0.545. The fourth-order valence-corrected chi connectivity index (χ4v) is 1.23. The average Bonchev–Trinajstić information content (AvgIpc) is 2.34. The molecule has 1 heterocycles. The lowest BCUT2D eigenvalue weighted by Crippen LogP contribution is -2.38. The zero-order chi connectivity index (χ0) is 13.7. The highest BCUT2D eigenvalue weighted by Crippen LogP contribution is 2.07. The molecule has 18 heavy (non-hydrogen) atoms. The summed E-state index contributed by atoms with van der Waals surface area (Å²) in [6, 6.07) is 1.27. The summed E-state index contributed by atoms with van der Waals surface area (Å²) in [6.45, 7) is 3.69. The van der Waals surface area contributed by atoms with Crippen LogP contribution in [0.15, 0.2) is 6.07 Å². The third-order valence-electron chi connectivity index (χ3n) is 2.36. The lowest BCUT2D eigenvalue weighted by atomic mass is 10.2. The Labute approximate surface area is 105 Å². The minimum atomic E-state index is -0.625. The summed E-state index contributed by atoms with van der Waals surface area (Å²) < 4.78 is 4.55. The normalized spacial score (nSPS) is 13.8. The van der Waals surface area contributed by atoms with E-state index in [0.717, 1.165) is 0 Å². The van der Waals surface area contributed by atoms with E-state index in [0.29, 0.717) is 18.1 Å². The molecule has 0 radical (unpaired) electrons. The van der Waals surface area contributed by atoms with E-state index in [1.165, 1.54) is 7.11 Å². The van der Waals surface area contributed by atoms with Crippen LogP contribution in [0.5, 0.6) is 0 Å². The summed E-state index contributed by atoms with van der Waals surface area (Å²) >= 11 is 0. The number of aromatic nitrogens is 2. The van der Waals surface area contributed by atoms with E-state index in [9.17, 15) is 9.90 Å². The molecule has 0 bridgehead atoms. The Morgan fingerprint density at radius 3 is 2.83 bits per heavy atom. The van der Waals surface area contributed by atoms with Crippen molar-refractivity contribution < 1.29 is 14.6 Å². The number of nitrogens with zero attached hydrogens (tertiary/aromatic N) is 2. The van der Waals surface area contributed by atoms with E-state index < -0.39 is 18.1 Å². The molecule has 1 rings (SSSR count). The molecular formula is C11H18N4O3. The predicted octanol–water partition coefficient (Wildman–Crippen LogP) is -0.308. The zero-order valence-corrected chi connectivity index (χ0v) is 10.7. The molecule has 7 heteroatoms. The van der Waals surface area contributed by atoms with Gasteiger partial charge in [-0.3, -0.25) is 0 Å². The lowest BCUT2D eigenvalue weighted by molar-refractivity contribution is 0.0586. The van der Waals surface area contributed by atoms with Gasteiger partial charge in [-0.15, -0.1) is 0 Å². The predicted molar refractivity (Wildman–Crippen MR) is 66.3 cm³/mol. The summed E-state index contributed by atoms with van der Waals surface area (Å²) in [6.07, 6.45) is -0.625. The quantitative estimate of drug-likeness (QED) is 0.618. The molecule has 0 fully saturated rings. The van der Waals surface area contributed by atoms with E-state index in [-0.39, 0.29) is 5.82 Å². The monoisotopic (exact) mass is 254 g/mol. The van der Waals surface area contributed by atoms with Crippen molar-refractivity contribution in [3.8, 4) is 0 Å². The van der Waals surface area contributed by atoms with Gasteiger partial charge < -0.3 is 20.9 Å². The number of carbonyl (C=O) groups excluding carboxylic acids is 1. The van der Waals surface area contributed by atoms with E-state index in [4.69, 9.17) is 5.73 Å². The minimum absolute atomic E-state index is 0.00869. The standard InChI is InChI=1S/C11H18N4O3/c1-6-4-9(13-5-8(12)7(2)16)15-10(14-6)11(17)18-3/h4,7-8,16H,5,12H2,1-3H3,(H,13,14,15). The highest BCUT2D eigenvalue weighted by molar-refractivity contribution is 5.85. The number of hydrogen-bond donors (Lipinski definition) is 3. The summed E-state index contributed by atoms with van der Waals surface area (Å²) in [5.41, 5.74) is 6.32. The molecule has 0 aromatic carbocycles.